The fraction of sp³-hybridized carbons (Fsp3) is 0.765. The Morgan fingerprint density at radius 3 is 2.60 bits per heavy atom. The van der Waals surface area contributed by atoms with Crippen molar-refractivity contribution in [1.29, 1.82) is 0 Å². The number of amidine groups is 1. The molecule has 2 rings (SSSR count). The topological polar surface area (TPSA) is 110 Å². The maximum atomic E-state index is 9.05. The molecule has 0 aromatic heterocycles. The van der Waals surface area contributed by atoms with E-state index in [2.05, 4.69) is 60.2 Å². The van der Waals surface area contributed by atoms with Crippen LogP contribution in [0.2, 0.25) is 0 Å². The van der Waals surface area contributed by atoms with E-state index in [0.29, 0.717) is 19.0 Å². The molecule has 8 nitrogen and oxygen atoms in total. The van der Waals surface area contributed by atoms with E-state index in [1.807, 2.05) is 0 Å². The molecule has 1 atom stereocenters. The maximum Gasteiger partial charge on any atom is 0.222 e. The molecule has 2 aliphatic rings. The van der Waals surface area contributed by atoms with Gasteiger partial charge in [0.1, 0.15) is 5.84 Å². The van der Waals surface area contributed by atoms with E-state index in [-0.39, 0.29) is 29.9 Å². The third-order valence-electron chi connectivity index (χ3n) is 4.40. The monoisotopic (exact) mass is 351 g/mol. The fourth-order valence-corrected chi connectivity index (χ4v) is 3.91. The summed E-state index contributed by atoms with van der Waals surface area (Å²) >= 11 is 0. The molecule has 0 bridgehead atoms. The first-order chi connectivity index (χ1) is 11.7. The van der Waals surface area contributed by atoms with E-state index in [0.717, 1.165) is 18.7 Å². The van der Waals surface area contributed by atoms with Gasteiger partial charge in [-0.25, -0.2) is 10.8 Å². The predicted molar refractivity (Wildman–Crippen MR) is 102 cm³/mol. The zero-order valence-corrected chi connectivity index (χ0v) is 15.8. The lowest BCUT2D eigenvalue weighted by molar-refractivity contribution is 0.141. The van der Waals surface area contributed by atoms with Crippen molar-refractivity contribution in [2.24, 2.45) is 21.7 Å². The van der Waals surface area contributed by atoms with Gasteiger partial charge in [0.2, 0.25) is 5.96 Å². The number of guanidine groups is 1. The van der Waals surface area contributed by atoms with Crippen LogP contribution in [0.3, 0.4) is 0 Å². The van der Waals surface area contributed by atoms with E-state index >= 15 is 0 Å². The molecule has 6 N–H and O–H groups in total. The third kappa shape index (κ3) is 5.24. The Hall–Kier alpha value is -1.48. The summed E-state index contributed by atoms with van der Waals surface area (Å²) in [6, 6.07) is 0. The summed E-state index contributed by atoms with van der Waals surface area (Å²) in [7, 11) is 0. The quantitative estimate of drug-likeness (QED) is 0.344. The van der Waals surface area contributed by atoms with Crippen molar-refractivity contribution in [2.75, 3.05) is 19.7 Å². The molecule has 0 aliphatic carbocycles. The number of aliphatic hydroxyl groups excluding tert-OH is 1. The smallest absolute Gasteiger partial charge is 0.222 e. The number of rotatable bonds is 6. The fourth-order valence-electron chi connectivity index (χ4n) is 3.91. The highest BCUT2D eigenvalue weighted by atomic mass is 16.3. The lowest BCUT2D eigenvalue weighted by atomic mass is 9.75. The molecule has 0 amide bonds. The van der Waals surface area contributed by atoms with Gasteiger partial charge in [-0.2, -0.15) is 4.99 Å². The van der Waals surface area contributed by atoms with Crippen molar-refractivity contribution in [3.63, 3.8) is 0 Å². The Balaban J connectivity index is 2.30. The number of hydrogen-bond acceptors (Lipinski definition) is 6. The number of hydrogen-bond donors (Lipinski definition) is 5. The van der Waals surface area contributed by atoms with Crippen LogP contribution in [0.4, 0.5) is 0 Å². The van der Waals surface area contributed by atoms with Gasteiger partial charge < -0.3 is 15.7 Å². The zero-order chi connectivity index (χ0) is 18.7. The van der Waals surface area contributed by atoms with Crippen LogP contribution in [0.15, 0.2) is 22.6 Å². The maximum absolute atomic E-state index is 9.05. The standard InChI is InChI=1S/C17H33N7O/c1-6-7-20-15-22-14(19-8-9-25)21-13(24(15)18)12-10-16(2,3)23-17(4,5)11-12/h6,12,15,20,23,25H,1,7-11,18H2,2-5H3,(H,19,22). The van der Waals surface area contributed by atoms with Gasteiger partial charge in [-0.15, -0.1) is 6.58 Å². The Morgan fingerprint density at radius 1 is 1.40 bits per heavy atom. The van der Waals surface area contributed by atoms with Crippen LogP contribution >= 0.6 is 0 Å². The van der Waals surface area contributed by atoms with E-state index in [9.17, 15) is 0 Å². The molecule has 2 heterocycles. The van der Waals surface area contributed by atoms with Crippen molar-refractivity contribution in [2.45, 2.75) is 57.9 Å². The van der Waals surface area contributed by atoms with Crippen LogP contribution in [0.25, 0.3) is 0 Å². The summed E-state index contributed by atoms with van der Waals surface area (Å²) in [6.45, 7) is 13.5. The van der Waals surface area contributed by atoms with Gasteiger partial charge in [-0.3, -0.25) is 10.3 Å². The van der Waals surface area contributed by atoms with Gasteiger partial charge in [0.05, 0.1) is 13.2 Å². The molecule has 0 saturated carbocycles. The molecular formula is C17H33N7O. The Kier molecular flexibility index (Phi) is 6.21. The number of aliphatic imine (C=N–C) groups is 2. The lowest BCUT2D eigenvalue weighted by Gasteiger charge is -2.48. The SMILES string of the molecule is C=CCNC1NC(=NCCO)N=C(C2CC(C)(C)NC(C)(C)C2)N1N. The summed E-state index contributed by atoms with van der Waals surface area (Å²) < 4.78 is 0. The summed E-state index contributed by atoms with van der Waals surface area (Å²) in [5.41, 5.74) is -0.0137. The molecule has 0 radical (unpaired) electrons. The lowest BCUT2D eigenvalue weighted by Crippen LogP contribution is -2.67. The second kappa shape index (κ2) is 7.82. The molecule has 0 aromatic carbocycles. The van der Waals surface area contributed by atoms with Crippen LogP contribution in [0.1, 0.15) is 40.5 Å². The molecular weight excluding hydrogens is 318 g/mol. The molecule has 1 fully saturated rings. The summed E-state index contributed by atoms with van der Waals surface area (Å²) in [5, 5.41) is 20.8. The molecule has 1 saturated heterocycles. The Bertz CT molecular complexity index is 525. The molecule has 0 spiro atoms. The number of nitrogens with one attached hydrogen (secondary N) is 3. The van der Waals surface area contributed by atoms with E-state index in [1.54, 1.807) is 11.1 Å². The van der Waals surface area contributed by atoms with Gasteiger partial charge in [0.25, 0.3) is 0 Å². The highest BCUT2D eigenvalue weighted by Crippen LogP contribution is 2.34. The Labute approximate surface area is 150 Å². The van der Waals surface area contributed by atoms with Crippen molar-refractivity contribution in [3.05, 3.63) is 12.7 Å². The van der Waals surface area contributed by atoms with Crippen LogP contribution in [-0.2, 0) is 0 Å². The van der Waals surface area contributed by atoms with Crippen LogP contribution in [0.5, 0.6) is 0 Å². The van der Waals surface area contributed by atoms with Gasteiger partial charge in [-0.05, 0) is 40.5 Å². The Morgan fingerprint density at radius 2 is 2.04 bits per heavy atom. The highest BCUT2D eigenvalue weighted by molar-refractivity contribution is 5.99. The van der Waals surface area contributed by atoms with Crippen molar-refractivity contribution in [1.82, 2.24) is 21.0 Å². The first-order valence-corrected chi connectivity index (χ1v) is 8.85. The first-order valence-electron chi connectivity index (χ1n) is 8.85. The largest absolute Gasteiger partial charge is 0.394 e. The van der Waals surface area contributed by atoms with Crippen molar-refractivity contribution in [3.8, 4) is 0 Å². The number of hydrazine groups is 1. The van der Waals surface area contributed by atoms with Crippen LogP contribution in [0, 0.1) is 5.92 Å². The van der Waals surface area contributed by atoms with Crippen molar-refractivity contribution >= 4 is 11.8 Å². The number of aliphatic hydroxyl groups is 1. The van der Waals surface area contributed by atoms with Gasteiger partial charge in [0.15, 0.2) is 6.29 Å². The second-order valence-corrected chi connectivity index (χ2v) is 8.05. The van der Waals surface area contributed by atoms with E-state index < -0.39 is 0 Å². The van der Waals surface area contributed by atoms with E-state index in [4.69, 9.17) is 10.9 Å². The number of piperidine rings is 1. The minimum absolute atomic E-state index is 0.00685. The van der Waals surface area contributed by atoms with Crippen LogP contribution < -0.4 is 21.8 Å². The van der Waals surface area contributed by atoms with Gasteiger partial charge in [0, 0.05) is 23.5 Å². The van der Waals surface area contributed by atoms with Gasteiger partial charge >= 0.3 is 0 Å². The highest BCUT2D eigenvalue weighted by Gasteiger charge is 2.42. The average molecular weight is 351 g/mol. The minimum Gasteiger partial charge on any atom is -0.394 e. The summed E-state index contributed by atoms with van der Waals surface area (Å²) in [5.74, 6) is 7.92. The summed E-state index contributed by atoms with van der Waals surface area (Å²) in [4.78, 5) is 8.98. The minimum atomic E-state index is -0.316. The number of nitrogens with two attached hydrogens (primary N) is 1. The summed E-state index contributed by atoms with van der Waals surface area (Å²) in [6.07, 6.45) is 3.33. The van der Waals surface area contributed by atoms with E-state index in [1.165, 1.54) is 0 Å². The molecule has 142 valence electrons. The number of nitrogens with zero attached hydrogens (tertiary/aromatic N) is 3. The molecule has 8 heteroatoms. The predicted octanol–water partition coefficient (Wildman–Crippen LogP) is 0.128. The first kappa shape index (κ1) is 19.8. The molecule has 2 aliphatic heterocycles. The molecule has 0 aromatic rings. The van der Waals surface area contributed by atoms with Crippen LogP contribution in [-0.4, -0.2) is 59.0 Å². The average Bonchev–Trinajstić information content (AvgIpc) is 2.49. The zero-order valence-electron chi connectivity index (χ0n) is 15.8. The van der Waals surface area contributed by atoms with Crippen molar-refractivity contribution < 1.29 is 5.11 Å². The van der Waals surface area contributed by atoms with Gasteiger partial charge in [-0.1, -0.05) is 6.08 Å². The second-order valence-electron chi connectivity index (χ2n) is 8.05. The molecule has 25 heavy (non-hydrogen) atoms. The normalized spacial score (nSPS) is 27.8. The molecule has 1 unspecified atom stereocenters. The third-order valence-corrected chi connectivity index (χ3v) is 4.40.